The van der Waals surface area contributed by atoms with Gasteiger partial charge in [-0.05, 0) is 44.4 Å². The second-order valence-electron chi connectivity index (χ2n) is 7.47. The van der Waals surface area contributed by atoms with E-state index in [0.717, 1.165) is 63.1 Å². The first-order valence-electron chi connectivity index (χ1n) is 9.65. The summed E-state index contributed by atoms with van der Waals surface area (Å²) in [6, 6.07) is -0.270. The van der Waals surface area contributed by atoms with Gasteiger partial charge in [-0.2, -0.15) is 11.8 Å². The average molecular weight is 406 g/mol. The fourth-order valence-electron chi connectivity index (χ4n) is 4.11. The number of nitrogens with two attached hydrogens (primary N) is 1. The summed E-state index contributed by atoms with van der Waals surface area (Å²) in [5, 5.41) is 3.12. The Labute approximate surface area is 166 Å². The molecule has 3 rings (SSSR count). The second kappa shape index (κ2) is 10.7. The lowest BCUT2D eigenvalue weighted by atomic mass is 9.84. The van der Waals surface area contributed by atoms with Crippen LogP contribution in [0.5, 0.6) is 0 Å². The van der Waals surface area contributed by atoms with Crippen LogP contribution < -0.4 is 11.1 Å². The minimum atomic E-state index is -0.436. The largest absolute Gasteiger partial charge is 0.381 e. The molecule has 2 aliphatic heterocycles. The van der Waals surface area contributed by atoms with Crippen LogP contribution in [0.25, 0.3) is 0 Å². The van der Waals surface area contributed by atoms with Gasteiger partial charge in [0.2, 0.25) is 11.8 Å². The lowest BCUT2D eigenvalue weighted by Crippen LogP contribution is -2.51. The molecular formula is C18H32ClN3O3S. The van der Waals surface area contributed by atoms with E-state index in [-0.39, 0.29) is 36.2 Å². The van der Waals surface area contributed by atoms with Gasteiger partial charge >= 0.3 is 0 Å². The van der Waals surface area contributed by atoms with Crippen LogP contribution in [-0.2, 0) is 14.3 Å². The van der Waals surface area contributed by atoms with Gasteiger partial charge < -0.3 is 20.7 Å². The molecule has 3 aliphatic rings. The van der Waals surface area contributed by atoms with Crippen molar-refractivity contribution >= 4 is 36.0 Å². The molecule has 1 atom stereocenters. The van der Waals surface area contributed by atoms with Crippen LogP contribution in [-0.4, -0.2) is 66.6 Å². The highest BCUT2D eigenvalue weighted by Crippen LogP contribution is 2.27. The number of thioether (sulfide) groups is 1. The third-order valence-corrected chi connectivity index (χ3v) is 6.76. The molecule has 0 bridgehead atoms. The molecule has 0 aromatic heterocycles. The van der Waals surface area contributed by atoms with Gasteiger partial charge in [0, 0.05) is 49.8 Å². The first-order chi connectivity index (χ1) is 12.1. The molecule has 3 fully saturated rings. The van der Waals surface area contributed by atoms with E-state index in [4.69, 9.17) is 10.5 Å². The summed E-state index contributed by atoms with van der Waals surface area (Å²) in [5.74, 6) is 2.77. The molecule has 0 aromatic carbocycles. The maximum absolute atomic E-state index is 12.6. The summed E-state index contributed by atoms with van der Waals surface area (Å²) >= 11 is 1.92. The van der Waals surface area contributed by atoms with Gasteiger partial charge in [0.05, 0.1) is 6.04 Å². The van der Waals surface area contributed by atoms with Crippen LogP contribution in [0.2, 0.25) is 0 Å². The molecule has 2 saturated heterocycles. The van der Waals surface area contributed by atoms with E-state index in [2.05, 4.69) is 5.32 Å². The van der Waals surface area contributed by atoms with Crippen LogP contribution in [0.1, 0.15) is 38.5 Å². The topological polar surface area (TPSA) is 84.7 Å². The van der Waals surface area contributed by atoms with Crippen molar-refractivity contribution in [1.82, 2.24) is 10.2 Å². The predicted molar refractivity (Wildman–Crippen MR) is 107 cm³/mol. The molecule has 0 spiro atoms. The number of ether oxygens (including phenoxy) is 1. The SMILES string of the molecule is Cl.NC(C(=O)NC1CCC(C(=O)N2CCSCC2)CC1)C1CCOCC1. The van der Waals surface area contributed by atoms with Crippen LogP contribution in [0.3, 0.4) is 0 Å². The second-order valence-corrected chi connectivity index (χ2v) is 8.70. The van der Waals surface area contributed by atoms with E-state index in [0.29, 0.717) is 19.1 Å². The Morgan fingerprint density at radius 1 is 1.04 bits per heavy atom. The van der Waals surface area contributed by atoms with Gasteiger partial charge in [-0.3, -0.25) is 9.59 Å². The molecule has 0 aromatic rings. The standard InChI is InChI=1S/C18H31N3O3S.ClH/c19-16(13-5-9-24-10-6-13)17(22)20-15-3-1-14(2-4-15)18(23)21-7-11-25-12-8-21;/h13-16H,1-12,19H2,(H,20,22);1H. The summed E-state index contributed by atoms with van der Waals surface area (Å²) in [6.07, 6.45) is 5.24. The van der Waals surface area contributed by atoms with Crippen LogP contribution in [0, 0.1) is 11.8 Å². The van der Waals surface area contributed by atoms with Crippen molar-refractivity contribution in [1.29, 1.82) is 0 Å². The molecule has 1 aliphatic carbocycles. The lowest BCUT2D eigenvalue weighted by molar-refractivity contribution is -0.136. The van der Waals surface area contributed by atoms with Gasteiger partial charge in [-0.15, -0.1) is 12.4 Å². The number of rotatable bonds is 4. The third-order valence-electron chi connectivity index (χ3n) is 5.82. The van der Waals surface area contributed by atoms with Crippen LogP contribution in [0.4, 0.5) is 0 Å². The molecule has 3 N–H and O–H groups in total. The van der Waals surface area contributed by atoms with E-state index in [1.54, 1.807) is 0 Å². The smallest absolute Gasteiger partial charge is 0.237 e. The first-order valence-corrected chi connectivity index (χ1v) is 10.8. The Morgan fingerprint density at radius 3 is 2.27 bits per heavy atom. The van der Waals surface area contributed by atoms with Gasteiger partial charge in [0.15, 0.2) is 0 Å². The fraction of sp³-hybridized carbons (Fsp3) is 0.889. The highest BCUT2D eigenvalue weighted by Gasteiger charge is 2.32. The number of nitrogens with zero attached hydrogens (tertiary/aromatic N) is 1. The first kappa shape index (κ1) is 21.8. The van der Waals surface area contributed by atoms with Crippen molar-refractivity contribution in [3.05, 3.63) is 0 Å². The lowest BCUT2D eigenvalue weighted by Gasteiger charge is -2.34. The average Bonchev–Trinajstić information content (AvgIpc) is 2.68. The molecule has 1 unspecified atom stereocenters. The zero-order valence-electron chi connectivity index (χ0n) is 15.4. The maximum Gasteiger partial charge on any atom is 0.237 e. The zero-order valence-corrected chi connectivity index (χ0v) is 17.0. The highest BCUT2D eigenvalue weighted by atomic mass is 35.5. The molecule has 0 radical (unpaired) electrons. The van der Waals surface area contributed by atoms with Crippen molar-refractivity contribution in [3.8, 4) is 0 Å². The van der Waals surface area contributed by atoms with Gasteiger partial charge in [0.25, 0.3) is 0 Å². The van der Waals surface area contributed by atoms with Gasteiger partial charge in [0.1, 0.15) is 0 Å². The molecule has 6 nitrogen and oxygen atoms in total. The Morgan fingerprint density at radius 2 is 1.65 bits per heavy atom. The minimum Gasteiger partial charge on any atom is -0.381 e. The Bertz CT molecular complexity index is 463. The van der Waals surface area contributed by atoms with E-state index >= 15 is 0 Å². The van der Waals surface area contributed by atoms with E-state index in [1.807, 2.05) is 16.7 Å². The summed E-state index contributed by atoms with van der Waals surface area (Å²) in [4.78, 5) is 27.0. The Kier molecular flexibility index (Phi) is 9.00. The highest BCUT2D eigenvalue weighted by molar-refractivity contribution is 7.99. The quantitative estimate of drug-likeness (QED) is 0.738. The van der Waals surface area contributed by atoms with Crippen molar-refractivity contribution in [3.63, 3.8) is 0 Å². The Balaban J connectivity index is 0.00000243. The summed E-state index contributed by atoms with van der Waals surface area (Å²) in [6.45, 7) is 3.18. The number of halogens is 1. The van der Waals surface area contributed by atoms with Crippen molar-refractivity contribution in [2.24, 2.45) is 17.6 Å². The van der Waals surface area contributed by atoms with Crippen molar-refractivity contribution in [2.75, 3.05) is 37.8 Å². The molecule has 26 heavy (non-hydrogen) atoms. The number of carbonyl (C=O) groups is 2. The van der Waals surface area contributed by atoms with Crippen molar-refractivity contribution < 1.29 is 14.3 Å². The van der Waals surface area contributed by atoms with E-state index < -0.39 is 6.04 Å². The number of amides is 2. The normalized spacial score (nSPS) is 28.7. The summed E-state index contributed by atoms with van der Waals surface area (Å²) in [5.41, 5.74) is 6.15. The predicted octanol–water partition coefficient (Wildman–Crippen LogP) is 1.41. The van der Waals surface area contributed by atoms with Crippen LogP contribution >= 0.6 is 24.2 Å². The van der Waals surface area contributed by atoms with E-state index in [1.165, 1.54) is 0 Å². The molecule has 2 amide bonds. The summed E-state index contributed by atoms with van der Waals surface area (Å²) < 4.78 is 5.34. The van der Waals surface area contributed by atoms with Gasteiger partial charge in [-0.1, -0.05) is 0 Å². The zero-order chi connectivity index (χ0) is 17.6. The number of nitrogens with one attached hydrogen (secondary N) is 1. The molecule has 1 saturated carbocycles. The monoisotopic (exact) mass is 405 g/mol. The van der Waals surface area contributed by atoms with Crippen LogP contribution in [0.15, 0.2) is 0 Å². The molecule has 2 heterocycles. The fourth-order valence-corrected chi connectivity index (χ4v) is 5.02. The minimum absolute atomic E-state index is 0. The number of hydrogen-bond donors (Lipinski definition) is 2. The summed E-state index contributed by atoms with van der Waals surface area (Å²) in [7, 11) is 0. The number of hydrogen-bond acceptors (Lipinski definition) is 5. The maximum atomic E-state index is 12.6. The van der Waals surface area contributed by atoms with Gasteiger partial charge in [-0.25, -0.2) is 0 Å². The van der Waals surface area contributed by atoms with E-state index in [9.17, 15) is 9.59 Å². The molecule has 150 valence electrons. The van der Waals surface area contributed by atoms with Crippen molar-refractivity contribution in [2.45, 2.75) is 50.6 Å². The Hall–Kier alpha value is -0.500. The molecular weight excluding hydrogens is 374 g/mol. The number of carbonyl (C=O) groups excluding carboxylic acids is 2. The third kappa shape index (κ3) is 5.75. The molecule has 8 heteroatoms.